The number of rotatable bonds is 4. The Kier molecular flexibility index (Phi) is 3.93. The van der Waals surface area contributed by atoms with Crippen molar-refractivity contribution >= 4 is 23.2 Å². The molecule has 0 saturated carbocycles. The summed E-state index contributed by atoms with van der Waals surface area (Å²) >= 11 is 0. The van der Waals surface area contributed by atoms with E-state index in [-0.39, 0.29) is 11.3 Å². The summed E-state index contributed by atoms with van der Waals surface area (Å²) in [7, 11) is 0. The number of primary amides is 1. The van der Waals surface area contributed by atoms with E-state index in [2.05, 4.69) is 5.32 Å². The van der Waals surface area contributed by atoms with E-state index in [4.69, 9.17) is 11.0 Å². The second kappa shape index (κ2) is 5.40. The lowest BCUT2D eigenvalue weighted by atomic mass is 10.1. The number of hydrogen-bond donors (Lipinski definition) is 2. The third-order valence-electron chi connectivity index (χ3n) is 2.01. The molecule has 92 valence electrons. The van der Waals surface area contributed by atoms with Crippen LogP contribution in [0.25, 0.3) is 0 Å². The van der Waals surface area contributed by atoms with Crippen LogP contribution in [0.2, 0.25) is 0 Å². The molecule has 0 saturated heterocycles. The summed E-state index contributed by atoms with van der Waals surface area (Å²) < 4.78 is 0. The van der Waals surface area contributed by atoms with Gasteiger partial charge in [-0.2, -0.15) is 5.26 Å². The number of carbonyl (C=O) groups is 2. The molecular formula is C10H8N4O4. The molecule has 3 N–H and O–H groups in total. The summed E-state index contributed by atoms with van der Waals surface area (Å²) in [5.41, 5.74) is 4.11. The van der Waals surface area contributed by atoms with Gasteiger partial charge < -0.3 is 11.1 Å². The molecule has 0 heterocycles. The number of nitrogens with zero attached hydrogens (tertiary/aromatic N) is 2. The van der Waals surface area contributed by atoms with E-state index in [1.165, 1.54) is 12.1 Å². The number of nitrogens with two attached hydrogens (primary N) is 1. The van der Waals surface area contributed by atoms with Crippen LogP contribution < -0.4 is 11.1 Å². The molecule has 8 heteroatoms. The Bertz CT molecular complexity index is 529. The molecule has 1 rings (SSSR count). The van der Waals surface area contributed by atoms with E-state index >= 15 is 0 Å². The van der Waals surface area contributed by atoms with Gasteiger partial charge in [-0.25, -0.2) is 0 Å². The SMILES string of the molecule is N#CCC(=O)Nc1c(C(N)=O)cccc1[N+](=O)[O-]. The molecular weight excluding hydrogens is 240 g/mol. The average molecular weight is 248 g/mol. The monoisotopic (exact) mass is 248 g/mol. The summed E-state index contributed by atoms with van der Waals surface area (Å²) in [5, 5.41) is 21.2. The maximum absolute atomic E-state index is 11.3. The fraction of sp³-hybridized carbons (Fsp3) is 0.100. The molecule has 2 amide bonds. The van der Waals surface area contributed by atoms with Crippen molar-refractivity contribution in [1.29, 1.82) is 5.26 Å². The number of amides is 2. The summed E-state index contributed by atoms with van der Waals surface area (Å²) in [6.45, 7) is 0. The number of nitro benzene ring substituents is 1. The number of nitro groups is 1. The lowest BCUT2D eigenvalue weighted by molar-refractivity contribution is -0.383. The first-order valence-electron chi connectivity index (χ1n) is 4.71. The van der Waals surface area contributed by atoms with Gasteiger partial charge in [-0.1, -0.05) is 6.07 Å². The third kappa shape index (κ3) is 2.79. The summed E-state index contributed by atoms with van der Waals surface area (Å²) in [4.78, 5) is 32.4. The fourth-order valence-electron chi connectivity index (χ4n) is 1.28. The van der Waals surface area contributed by atoms with E-state index in [1.54, 1.807) is 6.07 Å². The lowest BCUT2D eigenvalue weighted by Gasteiger charge is -2.07. The Balaban J connectivity index is 3.28. The molecule has 0 radical (unpaired) electrons. The molecule has 0 fully saturated rings. The van der Waals surface area contributed by atoms with Crippen LogP contribution in [-0.2, 0) is 4.79 Å². The zero-order chi connectivity index (χ0) is 13.7. The highest BCUT2D eigenvalue weighted by atomic mass is 16.6. The second-order valence-electron chi connectivity index (χ2n) is 3.20. The minimum Gasteiger partial charge on any atom is -0.366 e. The van der Waals surface area contributed by atoms with Crippen molar-refractivity contribution in [3.8, 4) is 6.07 Å². The van der Waals surface area contributed by atoms with Crippen LogP contribution in [0.3, 0.4) is 0 Å². The number of para-hydroxylation sites is 1. The highest BCUT2D eigenvalue weighted by molar-refractivity contribution is 6.05. The molecule has 0 aliphatic rings. The van der Waals surface area contributed by atoms with Gasteiger partial charge in [0, 0.05) is 6.07 Å². The molecule has 0 aliphatic carbocycles. The summed E-state index contributed by atoms with van der Waals surface area (Å²) in [6.07, 6.45) is -0.482. The van der Waals surface area contributed by atoms with Crippen molar-refractivity contribution < 1.29 is 14.5 Å². The van der Waals surface area contributed by atoms with E-state index in [0.717, 1.165) is 6.07 Å². The van der Waals surface area contributed by atoms with E-state index in [1.807, 2.05) is 0 Å². The third-order valence-corrected chi connectivity index (χ3v) is 2.01. The van der Waals surface area contributed by atoms with Crippen molar-refractivity contribution in [3.63, 3.8) is 0 Å². The quantitative estimate of drug-likeness (QED) is 0.591. The van der Waals surface area contributed by atoms with E-state index in [9.17, 15) is 19.7 Å². The Morgan fingerprint density at radius 1 is 1.50 bits per heavy atom. The van der Waals surface area contributed by atoms with Crippen LogP contribution in [0.15, 0.2) is 18.2 Å². The molecule has 0 aromatic heterocycles. The smallest absolute Gasteiger partial charge is 0.293 e. The molecule has 0 atom stereocenters. The largest absolute Gasteiger partial charge is 0.366 e. The van der Waals surface area contributed by atoms with Crippen molar-refractivity contribution in [2.24, 2.45) is 5.73 Å². The standard InChI is InChI=1S/C10H8N4O4/c11-5-4-8(15)13-9-6(10(12)16)2-1-3-7(9)14(17)18/h1-3H,4H2,(H2,12,16)(H,13,15). The first kappa shape index (κ1) is 13.1. The van der Waals surface area contributed by atoms with Gasteiger partial charge in [0.1, 0.15) is 12.1 Å². The van der Waals surface area contributed by atoms with Gasteiger partial charge in [0.05, 0.1) is 16.6 Å². The van der Waals surface area contributed by atoms with Gasteiger partial charge in [-0.3, -0.25) is 19.7 Å². The average Bonchev–Trinajstić information content (AvgIpc) is 2.28. The molecule has 0 aliphatic heterocycles. The Labute approximate surface area is 101 Å². The minimum atomic E-state index is -0.911. The molecule has 0 unspecified atom stereocenters. The van der Waals surface area contributed by atoms with E-state index < -0.39 is 28.8 Å². The fourth-order valence-corrected chi connectivity index (χ4v) is 1.28. The molecule has 1 aromatic rings. The van der Waals surface area contributed by atoms with Gasteiger partial charge in [-0.15, -0.1) is 0 Å². The van der Waals surface area contributed by atoms with Gasteiger partial charge in [0.2, 0.25) is 5.91 Å². The maximum atomic E-state index is 11.3. The number of benzene rings is 1. The molecule has 8 nitrogen and oxygen atoms in total. The predicted octanol–water partition coefficient (Wildman–Crippen LogP) is 0.546. The zero-order valence-electron chi connectivity index (χ0n) is 9.04. The van der Waals surface area contributed by atoms with Crippen LogP contribution in [0.5, 0.6) is 0 Å². The van der Waals surface area contributed by atoms with Gasteiger partial charge >= 0.3 is 0 Å². The van der Waals surface area contributed by atoms with Gasteiger partial charge in [0.15, 0.2) is 0 Å². The number of nitrogens with one attached hydrogen (secondary N) is 1. The number of hydrogen-bond acceptors (Lipinski definition) is 5. The first-order valence-corrected chi connectivity index (χ1v) is 4.71. The maximum Gasteiger partial charge on any atom is 0.293 e. The highest BCUT2D eigenvalue weighted by Crippen LogP contribution is 2.28. The number of carbonyl (C=O) groups excluding carboxylic acids is 2. The van der Waals surface area contributed by atoms with E-state index in [0.29, 0.717) is 0 Å². The number of anilines is 1. The highest BCUT2D eigenvalue weighted by Gasteiger charge is 2.21. The normalized spacial score (nSPS) is 9.28. The zero-order valence-corrected chi connectivity index (χ0v) is 9.04. The second-order valence-corrected chi connectivity index (χ2v) is 3.20. The minimum absolute atomic E-state index is 0.185. The number of nitriles is 1. The summed E-state index contributed by atoms with van der Waals surface area (Å²) in [5.74, 6) is -1.67. The first-order chi connectivity index (χ1) is 8.47. The van der Waals surface area contributed by atoms with Crippen LogP contribution in [0, 0.1) is 21.4 Å². The Morgan fingerprint density at radius 2 is 2.17 bits per heavy atom. The molecule has 0 spiro atoms. The summed E-state index contributed by atoms with van der Waals surface area (Å²) in [6, 6.07) is 5.23. The van der Waals surface area contributed by atoms with Crippen molar-refractivity contribution in [1.82, 2.24) is 0 Å². The topological polar surface area (TPSA) is 139 Å². The van der Waals surface area contributed by atoms with Crippen LogP contribution in [0.4, 0.5) is 11.4 Å². The van der Waals surface area contributed by atoms with Crippen molar-refractivity contribution in [2.45, 2.75) is 6.42 Å². The van der Waals surface area contributed by atoms with Crippen LogP contribution in [-0.4, -0.2) is 16.7 Å². The predicted molar refractivity (Wildman–Crippen MR) is 60.5 cm³/mol. The molecule has 1 aromatic carbocycles. The lowest BCUT2D eigenvalue weighted by Crippen LogP contribution is -2.18. The van der Waals surface area contributed by atoms with Crippen LogP contribution in [0.1, 0.15) is 16.8 Å². The van der Waals surface area contributed by atoms with Crippen molar-refractivity contribution in [3.05, 3.63) is 33.9 Å². The van der Waals surface area contributed by atoms with Gasteiger partial charge in [-0.05, 0) is 6.07 Å². The molecule has 18 heavy (non-hydrogen) atoms. The Hall–Kier alpha value is -2.95. The van der Waals surface area contributed by atoms with Crippen LogP contribution >= 0.6 is 0 Å². The van der Waals surface area contributed by atoms with Crippen molar-refractivity contribution in [2.75, 3.05) is 5.32 Å². The molecule has 0 bridgehead atoms. The Morgan fingerprint density at radius 3 is 2.67 bits per heavy atom. The van der Waals surface area contributed by atoms with Gasteiger partial charge in [0.25, 0.3) is 11.6 Å².